The second-order valence-corrected chi connectivity index (χ2v) is 4.48. The van der Waals surface area contributed by atoms with Crippen LogP contribution >= 0.6 is 0 Å². The van der Waals surface area contributed by atoms with Gasteiger partial charge in [-0.25, -0.2) is 0 Å². The molecule has 0 aliphatic heterocycles. The summed E-state index contributed by atoms with van der Waals surface area (Å²) in [5, 5.41) is 4.02. The highest BCUT2D eigenvalue weighted by Gasteiger charge is 2.21. The zero-order chi connectivity index (χ0) is 14.0. The lowest BCUT2D eigenvalue weighted by Crippen LogP contribution is -2.00. The van der Waals surface area contributed by atoms with E-state index in [0.717, 1.165) is 11.7 Å². The van der Waals surface area contributed by atoms with Crippen molar-refractivity contribution in [2.75, 3.05) is 0 Å². The van der Waals surface area contributed by atoms with Crippen LogP contribution < -0.4 is 0 Å². The molecule has 1 aromatic heterocycles. The molecule has 0 bridgehead atoms. The van der Waals surface area contributed by atoms with Crippen molar-refractivity contribution < 1.29 is 4.52 Å². The molecule has 18 heavy (non-hydrogen) atoms. The maximum Gasteiger partial charge on any atom is 0.223 e. The Labute approximate surface area is 112 Å². The van der Waals surface area contributed by atoms with Crippen molar-refractivity contribution in [2.24, 2.45) is 5.92 Å². The van der Waals surface area contributed by atoms with Gasteiger partial charge in [0.25, 0.3) is 0 Å². The van der Waals surface area contributed by atoms with E-state index in [9.17, 15) is 0 Å². The van der Waals surface area contributed by atoms with Crippen LogP contribution in [0.5, 0.6) is 0 Å². The van der Waals surface area contributed by atoms with E-state index in [1.165, 1.54) is 32.1 Å². The van der Waals surface area contributed by atoms with Gasteiger partial charge in [-0.1, -0.05) is 59.0 Å². The Morgan fingerprint density at radius 3 is 2.22 bits per heavy atom. The summed E-state index contributed by atoms with van der Waals surface area (Å²) in [5.74, 6) is 3.03. The Morgan fingerprint density at radius 1 is 1.00 bits per heavy atom. The summed E-state index contributed by atoms with van der Waals surface area (Å²) < 4.78 is 5.02. The second-order valence-electron chi connectivity index (χ2n) is 4.48. The number of aromatic nitrogens is 2. The highest BCUT2D eigenvalue weighted by Crippen LogP contribution is 2.32. The van der Waals surface area contributed by atoms with Crippen LogP contribution in [0, 0.1) is 12.8 Å². The minimum absolute atomic E-state index is 0.539. The highest BCUT2D eigenvalue weighted by atomic mass is 16.5. The molecule has 0 radical (unpaired) electrons. The third-order valence-corrected chi connectivity index (χ3v) is 3.17. The van der Waals surface area contributed by atoms with E-state index in [1.54, 1.807) is 0 Å². The fraction of sp³-hybridized carbons (Fsp3) is 0.867. The summed E-state index contributed by atoms with van der Waals surface area (Å²) in [5.41, 5.74) is 0. The van der Waals surface area contributed by atoms with Gasteiger partial charge >= 0.3 is 0 Å². The Balaban J connectivity index is 0.000000659. The van der Waals surface area contributed by atoms with Gasteiger partial charge in [0.1, 0.15) is 0 Å². The average Bonchev–Trinajstić information content (AvgIpc) is 2.73. The predicted octanol–water partition coefficient (Wildman–Crippen LogP) is 5.11. The molecule has 0 amide bonds. The van der Waals surface area contributed by atoms with Crippen LogP contribution in [0.15, 0.2) is 4.52 Å². The Hall–Kier alpha value is -0.860. The largest absolute Gasteiger partial charge is 0.340 e. The van der Waals surface area contributed by atoms with Crippen LogP contribution in [0.4, 0.5) is 0 Å². The van der Waals surface area contributed by atoms with Gasteiger partial charge in [0.15, 0.2) is 5.82 Å². The van der Waals surface area contributed by atoms with Crippen LogP contribution in [0.3, 0.4) is 0 Å². The molecular formula is C15H30N2O. The van der Waals surface area contributed by atoms with Gasteiger partial charge in [0.2, 0.25) is 5.89 Å². The summed E-state index contributed by atoms with van der Waals surface area (Å²) >= 11 is 0. The minimum atomic E-state index is 0.539. The molecule has 1 saturated carbocycles. The first-order valence-electron chi connectivity index (χ1n) is 7.56. The molecule has 0 N–H and O–H groups in total. The fourth-order valence-electron chi connectivity index (χ4n) is 2.23. The molecule has 0 spiro atoms. The summed E-state index contributed by atoms with van der Waals surface area (Å²) in [6.45, 7) is 12.2. The standard InChI is InChI=1S/C11H18N2O.2C2H6/c1-8-4-3-5-10(7-6-8)11-12-9(2)14-13-11;2*1-2/h8,10H,3-7H2,1-2H3;2*1-2H3. The Bertz CT molecular complexity index is 296. The lowest BCUT2D eigenvalue weighted by atomic mass is 9.99. The van der Waals surface area contributed by atoms with Crippen molar-refractivity contribution in [1.29, 1.82) is 0 Å². The molecule has 3 heteroatoms. The normalized spacial score (nSPS) is 23.0. The van der Waals surface area contributed by atoms with Gasteiger partial charge in [0, 0.05) is 12.8 Å². The molecule has 1 fully saturated rings. The highest BCUT2D eigenvalue weighted by molar-refractivity contribution is 4.95. The quantitative estimate of drug-likeness (QED) is 0.653. The molecule has 2 rings (SSSR count). The first-order valence-corrected chi connectivity index (χ1v) is 7.56. The topological polar surface area (TPSA) is 38.9 Å². The number of hydrogen-bond donors (Lipinski definition) is 0. The SMILES string of the molecule is CC.CC.Cc1nc(C2CCCC(C)CC2)no1. The third-order valence-electron chi connectivity index (χ3n) is 3.17. The van der Waals surface area contributed by atoms with Crippen LogP contribution in [0.2, 0.25) is 0 Å². The van der Waals surface area contributed by atoms with Crippen molar-refractivity contribution in [3.63, 3.8) is 0 Å². The van der Waals surface area contributed by atoms with Crippen molar-refractivity contribution in [3.8, 4) is 0 Å². The molecule has 1 aliphatic carbocycles. The minimum Gasteiger partial charge on any atom is -0.340 e. The van der Waals surface area contributed by atoms with Gasteiger partial charge in [0.05, 0.1) is 0 Å². The second kappa shape index (κ2) is 10.1. The summed E-state index contributed by atoms with van der Waals surface area (Å²) in [7, 11) is 0. The summed E-state index contributed by atoms with van der Waals surface area (Å²) in [6, 6.07) is 0. The third kappa shape index (κ3) is 5.65. The van der Waals surface area contributed by atoms with Gasteiger partial charge in [-0.15, -0.1) is 0 Å². The first kappa shape index (κ1) is 17.1. The number of hydrogen-bond acceptors (Lipinski definition) is 3. The number of rotatable bonds is 1. The van der Waals surface area contributed by atoms with Crippen molar-refractivity contribution >= 4 is 0 Å². The van der Waals surface area contributed by atoms with E-state index < -0.39 is 0 Å². The molecule has 1 heterocycles. The smallest absolute Gasteiger partial charge is 0.223 e. The Morgan fingerprint density at radius 2 is 1.67 bits per heavy atom. The van der Waals surface area contributed by atoms with E-state index in [-0.39, 0.29) is 0 Å². The van der Waals surface area contributed by atoms with Gasteiger partial charge in [-0.05, 0) is 18.8 Å². The van der Waals surface area contributed by atoms with E-state index in [1.807, 2.05) is 34.6 Å². The molecule has 3 nitrogen and oxygen atoms in total. The lowest BCUT2D eigenvalue weighted by molar-refractivity contribution is 0.379. The van der Waals surface area contributed by atoms with E-state index in [0.29, 0.717) is 11.8 Å². The average molecular weight is 254 g/mol. The molecule has 2 unspecified atom stereocenters. The molecule has 106 valence electrons. The fourth-order valence-corrected chi connectivity index (χ4v) is 2.23. The monoisotopic (exact) mass is 254 g/mol. The molecule has 0 saturated heterocycles. The van der Waals surface area contributed by atoms with Gasteiger partial charge in [-0.2, -0.15) is 4.98 Å². The maximum absolute atomic E-state index is 5.02. The van der Waals surface area contributed by atoms with Crippen molar-refractivity contribution in [2.45, 2.75) is 79.6 Å². The zero-order valence-electron chi connectivity index (χ0n) is 13.0. The van der Waals surface area contributed by atoms with E-state index in [4.69, 9.17) is 4.52 Å². The maximum atomic E-state index is 5.02. The van der Waals surface area contributed by atoms with E-state index in [2.05, 4.69) is 17.1 Å². The van der Waals surface area contributed by atoms with Crippen molar-refractivity contribution in [3.05, 3.63) is 11.7 Å². The Kier molecular flexibility index (Phi) is 9.62. The molecular weight excluding hydrogens is 224 g/mol. The van der Waals surface area contributed by atoms with Crippen LogP contribution in [0.25, 0.3) is 0 Å². The molecule has 1 aromatic rings. The number of aryl methyl sites for hydroxylation is 1. The van der Waals surface area contributed by atoms with Gasteiger partial charge < -0.3 is 4.52 Å². The predicted molar refractivity (Wildman–Crippen MR) is 76.7 cm³/mol. The van der Waals surface area contributed by atoms with Gasteiger partial charge in [-0.3, -0.25) is 0 Å². The molecule has 2 atom stereocenters. The summed E-state index contributed by atoms with van der Waals surface area (Å²) in [6.07, 6.45) is 6.41. The van der Waals surface area contributed by atoms with Crippen LogP contribution in [-0.2, 0) is 0 Å². The van der Waals surface area contributed by atoms with E-state index >= 15 is 0 Å². The van der Waals surface area contributed by atoms with Crippen LogP contribution in [-0.4, -0.2) is 10.1 Å². The van der Waals surface area contributed by atoms with Crippen molar-refractivity contribution in [1.82, 2.24) is 10.1 Å². The zero-order valence-corrected chi connectivity index (χ0v) is 13.0. The first-order chi connectivity index (χ1) is 8.75. The lowest BCUT2D eigenvalue weighted by Gasteiger charge is -2.08. The molecule has 1 aliphatic rings. The van der Waals surface area contributed by atoms with Crippen LogP contribution in [0.1, 0.15) is 84.4 Å². The summed E-state index contributed by atoms with van der Waals surface area (Å²) in [4.78, 5) is 4.32. The number of nitrogens with zero attached hydrogens (tertiary/aromatic N) is 2. The molecule has 0 aromatic carbocycles.